The summed E-state index contributed by atoms with van der Waals surface area (Å²) in [5, 5.41) is 17.6. The molecule has 1 aliphatic rings. The number of nitrogens with two attached hydrogens (primary N) is 1. The maximum absolute atomic E-state index is 13.1. The summed E-state index contributed by atoms with van der Waals surface area (Å²) < 4.78 is 10.7. The van der Waals surface area contributed by atoms with Crippen LogP contribution in [0.25, 0.3) is 0 Å². The van der Waals surface area contributed by atoms with E-state index < -0.39 is 23.7 Å². The number of carboxylic acids is 1. The zero-order valence-corrected chi connectivity index (χ0v) is 21.8. The number of nitrogens with one attached hydrogen (secondary N) is 3. The van der Waals surface area contributed by atoms with E-state index in [0.29, 0.717) is 25.7 Å². The van der Waals surface area contributed by atoms with Gasteiger partial charge in [0.2, 0.25) is 0 Å². The fourth-order valence-corrected chi connectivity index (χ4v) is 4.00. The van der Waals surface area contributed by atoms with Crippen LogP contribution < -0.4 is 31.2 Å². The maximum Gasteiger partial charge on any atom is 0.331 e. The summed E-state index contributed by atoms with van der Waals surface area (Å²) in [6.07, 6.45) is 4.84. The molecule has 38 heavy (non-hydrogen) atoms. The van der Waals surface area contributed by atoms with Crippen LogP contribution in [0.15, 0.2) is 40.5 Å². The Kier molecular flexibility index (Phi) is 11.5. The molecule has 1 fully saturated rings. The molecule has 1 aromatic rings. The number of hydrogen-bond donors (Lipinski definition) is 5. The number of carbonyl (C=O) groups is 4. The lowest BCUT2D eigenvalue weighted by Crippen LogP contribution is -2.44. The summed E-state index contributed by atoms with van der Waals surface area (Å²) in [6.45, 7) is 5.25. The molecule has 0 unspecified atom stereocenters. The largest absolute Gasteiger partial charge is 0.496 e. The van der Waals surface area contributed by atoms with Crippen LogP contribution in [0.1, 0.15) is 53.3 Å². The number of methoxy groups -OCH3 is 2. The Hall–Kier alpha value is -4.19. The normalized spacial score (nSPS) is 17.7. The van der Waals surface area contributed by atoms with Gasteiger partial charge in [-0.2, -0.15) is 0 Å². The summed E-state index contributed by atoms with van der Waals surface area (Å²) >= 11 is 0. The number of ether oxygens (including phenoxy) is 2. The lowest BCUT2D eigenvalue weighted by atomic mass is 9.90. The molecular formula is C26H35N5O7. The van der Waals surface area contributed by atoms with E-state index in [0.717, 1.165) is 0 Å². The van der Waals surface area contributed by atoms with Crippen molar-refractivity contribution >= 4 is 30.4 Å². The molecule has 0 saturated heterocycles. The van der Waals surface area contributed by atoms with E-state index in [-0.39, 0.29) is 58.9 Å². The van der Waals surface area contributed by atoms with E-state index in [1.54, 1.807) is 0 Å². The van der Waals surface area contributed by atoms with E-state index in [2.05, 4.69) is 27.7 Å². The smallest absolute Gasteiger partial charge is 0.331 e. The van der Waals surface area contributed by atoms with E-state index in [1.807, 2.05) is 0 Å². The van der Waals surface area contributed by atoms with Crippen LogP contribution in [0.5, 0.6) is 11.5 Å². The molecule has 0 spiro atoms. The van der Waals surface area contributed by atoms with Crippen LogP contribution >= 0.6 is 0 Å². The molecule has 0 heterocycles. The van der Waals surface area contributed by atoms with Gasteiger partial charge in [0.25, 0.3) is 17.7 Å². The lowest BCUT2D eigenvalue weighted by Gasteiger charge is -2.30. The number of rotatable bonds is 12. The van der Waals surface area contributed by atoms with Gasteiger partial charge in [0.15, 0.2) is 0 Å². The SMILES string of the molecule is C=N/C=C(\C=C(/C)C(=O)O)C(=O)NC1CCC(NC(=O)c2cc(C(=O)NCCN)c(OC)cc2OC)CC1. The van der Waals surface area contributed by atoms with Gasteiger partial charge < -0.3 is 36.3 Å². The third-order valence-corrected chi connectivity index (χ3v) is 6.04. The molecule has 0 atom stereocenters. The highest BCUT2D eigenvalue weighted by Crippen LogP contribution is 2.30. The monoisotopic (exact) mass is 529 g/mol. The third kappa shape index (κ3) is 8.17. The zero-order valence-electron chi connectivity index (χ0n) is 21.8. The first kappa shape index (κ1) is 30.0. The minimum Gasteiger partial charge on any atom is -0.496 e. The average molecular weight is 530 g/mol. The number of aliphatic carboxylic acids is 1. The Morgan fingerprint density at radius 2 is 1.58 bits per heavy atom. The van der Waals surface area contributed by atoms with E-state index >= 15 is 0 Å². The molecule has 12 nitrogen and oxygen atoms in total. The van der Waals surface area contributed by atoms with E-state index in [1.165, 1.54) is 45.6 Å². The van der Waals surface area contributed by atoms with Gasteiger partial charge in [-0.1, -0.05) is 0 Å². The van der Waals surface area contributed by atoms with Crippen molar-refractivity contribution in [2.45, 2.75) is 44.7 Å². The summed E-state index contributed by atoms with van der Waals surface area (Å²) in [7, 11) is 2.84. The molecule has 1 aromatic carbocycles. The third-order valence-electron chi connectivity index (χ3n) is 6.04. The van der Waals surface area contributed by atoms with Crippen molar-refractivity contribution in [3.8, 4) is 11.5 Å². The Bertz CT molecular complexity index is 1120. The van der Waals surface area contributed by atoms with Crippen LogP contribution in [0.3, 0.4) is 0 Å². The first-order chi connectivity index (χ1) is 18.1. The first-order valence-corrected chi connectivity index (χ1v) is 12.1. The number of carbonyl (C=O) groups excluding carboxylic acids is 3. The van der Waals surface area contributed by atoms with Gasteiger partial charge in [-0.05, 0) is 51.5 Å². The predicted molar refractivity (Wildman–Crippen MR) is 142 cm³/mol. The highest BCUT2D eigenvalue weighted by molar-refractivity contribution is 6.03. The minimum atomic E-state index is -1.14. The van der Waals surface area contributed by atoms with Crippen LogP contribution in [0.4, 0.5) is 0 Å². The fraction of sp³-hybridized carbons (Fsp3) is 0.423. The number of aliphatic imine (C=N–C) groups is 1. The van der Waals surface area contributed by atoms with Crippen LogP contribution in [-0.2, 0) is 9.59 Å². The predicted octanol–water partition coefficient (Wildman–Crippen LogP) is 1.16. The summed E-state index contributed by atoms with van der Waals surface area (Å²) in [5.74, 6) is -1.89. The summed E-state index contributed by atoms with van der Waals surface area (Å²) in [6, 6.07) is 2.60. The molecule has 3 amide bonds. The molecule has 1 aliphatic carbocycles. The molecule has 0 bridgehead atoms. The van der Waals surface area contributed by atoms with Crippen molar-refractivity contribution in [1.29, 1.82) is 0 Å². The fourth-order valence-electron chi connectivity index (χ4n) is 4.00. The van der Waals surface area contributed by atoms with Crippen molar-refractivity contribution in [3.63, 3.8) is 0 Å². The van der Waals surface area contributed by atoms with Gasteiger partial charge in [0.1, 0.15) is 11.5 Å². The molecule has 6 N–H and O–H groups in total. The quantitative estimate of drug-likeness (QED) is 0.152. The van der Waals surface area contributed by atoms with Crippen molar-refractivity contribution in [1.82, 2.24) is 16.0 Å². The molecule has 2 rings (SSSR count). The first-order valence-electron chi connectivity index (χ1n) is 12.1. The molecule has 12 heteroatoms. The second-order valence-corrected chi connectivity index (χ2v) is 8.69. The minimum absolute atomic E-state index is 0.00421. The highest BCUT2D eigenvalue weighted by atomic mass is 16.5. The van der Waals surface area contributed by atoms with Crippen LogP contribution in [-0.4, -0.2) is 74.9 Å². The van der Waals surface area contributed by atoms with E-state index in [9.17, 15) is 19.2 Å². The van der Waals surface area contributed by atoms with Gasteiger partial charge in [-0.25, -0.2) is 4.79 Å². The zero-order chi connectivity index (χ0) is 28.2. The number of carboxylic acid groups (broad SMARTS) is 1. The Labute approximate surface area is 221 Å². The van der Waals surface area contributed by atoms with E-state index in [4.69, 9.17) is 20.3 Å². The lowest BCUT2D eigenvalue weighted by molar-refractivity contribution is -0.132. The van der Waals surface area contributed by atoms with Crippen molar-refractivity contribution < 1.29 is 33.8 Å². The second kappa shape index (κ2) is 14.5. The summed E-state index contributed by atoms with van der Waals surface area (Å²) in [4.78, 5) is 53.0. The van der Waals surface area contributed by atoms with Gasteiger partial charge >= 0.3 is 5.97 Å². The molecule has 0 aliphatic heterocycles. The van der Waals surface area contributed by atoms with Crippen molar-refractivity contribution in [2.24, 2.45) is 10.7 Å². The Morgan fingerprint density at radius 3 is 2.08 bits per heavy atom. The maximum atomic E-state index is 13.1. The molecular weight excluding hydrogens is 494 g/mol. The average Bonchev–Trinajstić information content (AvgIpc) is 2.91. The van der Waals surface area contributed by atoms with Gasteiger partial charge in [-0.15, -0.1) is 0 Å². The number of amides is 3. The van der Waals surface area contributed by atoms with Crippen molar-refractivity contribution in [2.75, 3.05) is 27.3 Å². The molecule has 0 radical (unpaired) electrons. The van der Waals surface area contributed by atoms with Gasteiger partial charge in [0, 0.05) is 43.0 Å². The van der Waals surface area contributed by atoms with Crippen molar-refractivity contribution in [3.05, 3.63) is 46.7 Å². The van der Waals surface area contributed by atoms with Gasteiger partial charge in [0.05, 0.1) is 30.9 Å². The molecule has 1 saturated carbocycles. The standard InChI is InChI=1S/C26H35N5O7/c1-15(26(35)36)11-16(14-28-2)23(32)30-17-5-7-18(8-6-17)31-25(34)20-12-19(24(33)29-10-9-27)21(37-3)13-22(20)38-4/h11-14,17-18H,2,5-10,27H2,1,3-4H3,(H,29,33)(H,30,32)(H,31,34)(H,35,36)/b15-11+,16-14+. The number of benzene rings is 1. The highest BCUT2D eigenvalue weighted by Gasteiger charge is 2.27. The Balaban J connectivity index is 2.06. The molecule has 206 valence electrons. The van der Waals surface area contributed by atoms with Crippen LogP contribution in [0, 0.1) is 0 Å². The second-order valence-electron chi connectivity index (χ2n) is 8.69. The van der Waals surface area contributed by atoms with Crippen LogP contribution in [0.2, 0.25) is 0 Å². The Morgan fingerprint density at radius 1 is 1.03 bits per heavy atom. The van der Waals surface area contributed by atoms with Gasteiger partial charge in [-0.3, -0.25) is 19.4 Å². The number of hydrogen-bond acceptors (Lipinski definition) is 8. The molecule has 0 aromatic heterocycles. The topological polar surface area (TPSA) is 181 Å². The summed E-state index contributed by atoms with van der Waals surface area (Å²) in [5.41, 5.74) is 5.92. The number of nitrogens with zero attached hydrogens (tertiary/aromatic N) is 1.